The first kappa shape index (κ1) is 20.4. The van der Waals surface area contributed by atoms with E-state index in [1.54, 1.807) is 22.9 Å². The maximum absolute atomic E-state index is 12.6. The molecule has 8 heteroatoms. The lowest BCUT2D eigenvalue weighted by Crippen LogP contribution is -2.24. The highest BCUT2D eigenvalue weighted by atomic mass is 35.5. The molecule has 2 N–H and O–H groups in total. The van der Waals surface area contributed by atoms with Crippen LogP contribution in [0.2, 0.25) is 10.0 Å². The Morgan fingerprint density at radius 2 is 2.03 bits per heavy atom. The zero-order chi connectivity index (χ0) is 21.4. The lowest BCUT2D eigenvalue weighted by atomic mass is 10.0. The fourth-order valence-electron chi connectivity index (χ4n) is 3.61. The molecule has 1 atom stereocenters. The van der Waals surface area contributed by atoms with Gasteiger partial charge in [-0.15, -0.1) is 0 Å². The average molecular weight is 443 g/mol. The molecule has 2 amide bonds. The Hall–Kier alpha value is -2.83. The van der Waals surface area contributed by atoms with Crippen molar-refractivity contribution >= 4 is 46.5 Å². The molecule has 30 heavy (non-hydrogen) atoms. The van der Waals surface area contributed by atoms with Gasteiger partial charge in [-0.25, -0.2) is 4.68 Å². The third-order valence-corrected chi connectivity index (χ3v) is 5.60. The Morgan fingerprint density at radius 3 is 2.73 bits per heavy atom. The number of aromatic nitrogens is 2. The predicted octanol–water partition coefficient (Wildman–Crippen LogP) is 5.25. The van der Waals surface area contributed by atoms with Crippen molar-refractivity contribution in [2.24, 2.45) is 0 Å². The Morgan fingerprint density at radius 1 is 1.23 bits per heavy atom. The maximum atomic E-state index is 12.6. The number of hydrogen-bond donors (Lipinski definition) is 2. The average Bonchev–Trinajstić information content (AvgIpc) is 3.19. The van der Waals surface area contributed by atoms with Crippen LogP contribution in [0.1, 0.15) is 30.6 Å². The van der Waals surface area contributed by atoms with Crippen LogP contribution in [0.4, 0.5) is 11.5 Å². The van der Waals surface area contributed by atoms with E-state index in [9.17, 15) is 9.59 Å². The number of rotatable bonds is 5. The van der Waals surface area contributed by atoms with Gasteiger partial charge >= 0.3 is 0 Å². The Bertz CT molecular complexity index is 1160. The summed E-state index contributed by atoms with van der Waals surface area (Å²) in [6.45, 7) is 3.91. The van der Waals surface area contributed by atoms with Gasteiger partial charge in [-0.3, -0.25) is 9.59 Å². The van der Waals surface area contributed by atoms with E-state index in [-0.39, 0.29) is 18.2 Å². The number of carbonyl (C=O) groups is 2. The first-order valence-corrected chi connectivity index (χ1v) is 10.4. The Labute approximate surface area is 184 Å². The van der Waals surface area contributed by atoms with Gasteiger partial charge in [0.25, 0.3) is 5.91 Å². The number of carbonyl (C=O) groups excluding carboxylic acids is 2. The largest absolute Gasteiger partial charge is 0.325 e. The summed E-state index contributed by atoms with van der Waals surface area (Å²) in [7, 11) is 0. The van der Waals surface area contributed by atoms with Crippen molar-refractivity contribution in [2.45, 2.75) is 32.7 Å². The Kier molecular flexibility index (Phi) is 5.54. The molecule has 1 unspecified atom stereocenters. The van der Waals surface area contributed by atoms with Crippen molar-refractivity contribution in [1.29, 1.82) is 0 Å². The Balaban J connectivity index is 1.62. The minimum atomic E-state index is -0.734. The first-order chi connectivity index (χ1) is 14.4. The topological polar surface area (TPSA) is 76.0 Å². The number of aryl methyl sites for hydroxylation is 2. The van der Waals surface area contributed by atoms with Crippen LogP contribution in [-0.4, -0.2) is 21.6 Å². The molecule has 3 aromatic rings. The standard InChI is InChI=1S/C22H20Cl2N4O2/c1-3-16-20(13-5-4-6-14(23)10-13)21-26-22(30)18(28(21)27-16)11-19(29)25-17-8-7-12(2)9-15(17)24/h4-10,18H,3,11H2,1-2H3,(H,25,29)(H,26,30). The zero-order valence-corrected chi connectivity index (χ0v) is 18.0. The zero-order valence-electron chi connectivity index (χ0n) is 16.5. The summed E-state index contributed by atoms with van der Waals surface area (Å²) >= 11 is 12.4. The molecule has 0 spiro atoms. The van der Waals surface area contributed by atoms with Gasteiger partial charge in [-0.05, 0) is 48.7 Å². The molecule has 2 aromatic carbocycles. The summed E-state index contributed by atoms with van der Waals surface area (Å²) < 4.78 is 1.60. The van der Waals surface area contributed by atoms with Gasteiger partial charge in [0, 0.05) is 10.6 Å². The van der Waals surface area contributed by atoms with Gasteiger partial charge in [0.15, 0.2) is 0 Å². The van der Waals surface area contributed by atoms with E-state index in [0.717, 1.165) is 22.4 Å². The number of halogens is 2. The van der Waals surface area contributed by atoms with Crippen molar-refractivity contribution in [2.75, 3.05) is 10.6 Å². The monoisotopic (exact) mass is 442 g/mol. The van der Waals surface area contributed by atoms with E-state index >= 15 is 0 Å². The number of fused-ring (bicyclic) bond motifs is 1. The molecule has 0 aliphatic carbocycles. The minimum absolute atomic E-state index is 0.0527. The molecule has 154 valence electrons. The molecule has 6 nitrogen and oxygen atoms in total. The lowest BCUT2D eigenvalue weighted by Gasteiger charge is -2.11. The van der Waals surface area contributed by atoms with Crippen molar-refractivity contribution in [1.82, 2.24) is 9.78 Å². The van der Waals surface area contributed by atoms with Gasteiger partial charge in [0.05, 0.1) is 22.8 Å². The first-order valence-electron chi connectivity index (χ1n) is 9.61. The molecule has 1 aromatic heterocycles. The van der Waals surface area contributed by atoms with E-state index in [2.05, 4.69) is 15.7 Å². The van der Waals surface area contributed by atoms with Crippen LogP contribution in [0.3, 0.4) is 0 Å². The van der Waals surface area contributed by atoms with Crippen molar-refractivity contribution < 1.29 is 9.59 Å². The quantitative estimate of drug-likeness (QED) is 0.566. The van der Waals surface area contributed by atoms with E-state index in [1.165, 1.54) is 0 Å². The van der Waals surface area contributed by atoms with Gasteiger partial charge < -0.3 is 10.6 Å². The molecule has 1 aliphatic rings. The SMILES string of the molecule is CCc1nn2c(c1-c1cccc(Cl)c1)NC(=O)C2CC(=O)Nc1ccc(C)cc1Cl. The van der Waals surface area contributed by atoms with Crippen molar-refractivity contribution in [3.63, 3.8) is 0 Å². The van der Waals surface area contributed by atoms with E-state index in [0.29, 0.717) is 28.0 Å². The number of hydrogen-bond acceptors (Lipinski definition) is 3. The molecule has 1 aliphatic heterocycles. The summed E-state index contributed by atoms with van der Waals surface area (Å²) in [5.74, 6) is 0.00507. The molecular formula is C22H20Cl2N4O2. The maximum Gasteiger partial charge on any atom is 0.251 e. The number of benzene rings is 2. The van der Waals surface area contributed by atoms with Gasteiger partial charge in [0.1, 0.15) is 11.9 Å². The van der Waals surface area contributed by atoms with Gasteiger partial charge in [-0.1, -0.05) is 48.3 Å². The molecule has 0 saturated heterocycles. The molecular weight excluding hydrogens is 423 g/mol. The fraction of sp³-hybridized carbons (Fsp3) is 0.227. The summed E-state index contributed by atoms with van der Waals surface area (Å²) in [6.07, 6.45) is 0.623. The highest BCUT2D eigenvalue weighted by molar-refractivity contribution is 6.33. The second kappa shape index (κ2) is 8.13. The summed E-state index contributed by atoms with van der Waals surface area (Å²) in [6, 6.07) is 12.1. The number of nitrogens with zero attached hydrogens (tertiary/aromatic N) is 2. The fourth-order valence-corrected chi connectivity index (χ4v) is 4.08. The molecule has 0 bridgehead atoms. The van der Waals surface area contributed by atoms with Gasteiger partial charge in [0.2, 0.25) is 5.91 Å². The minimum Gasteiger partial charge on any atom is -0.325 e. The van der Waals surface area contributed by atoms with E-state index < -0.39 is 6.04 Å². The second-order valence-electron chi connectivity index (χ2n) is 7.22. The van der Waals surface area contributed by atoms with Crippen LogP contribution < -0.4 is 10.6 Å². The van der Waals surface area contributed by atoms with Crippen LogP contribution in [-0.2, 0) is 16.0 Å². The summed E-state index contributed by atoms with van der Waals surface area (Å²) in [4.78, 5) is 25.3. The van der Waals surface area contributed by atoms with Crippen molar-refractivity contribution in [3.05, 3.63) is 63.8 Å². The van der Waals surface area contributed by atoms with Crippen LogP contribution in [0.15, 0.2) is 42.5 Å². The normalized spacial score (nSPS) is 15.1. The van der Waals surface area contributed by atoms with Gasteiger partial charge in [-0.2, -0.15) is 5.10 Å². The highest BCUT2D eigenvalue weighted by Crippen LogP contribution is 2.39. The third kappa shape index (κ3) is 3.80. The van der Waals surface area contributed by atoms with Crippen molar-refractivity contribution in [3.8, 4) is 11.1 Å². The molecule has 0 radical (unpaired) electrons. The van der Waals surface area contributed by atoms with Crippen LogP contribution in [0.25, 0.3) is 11.1 Å². The van der Waals surface area contributed by atoms with E-state index in [4.69, 9.17) is 23.2 Å². The molecule has 2 heterocycles. The molecule has 4 rings (SSSR count). The summed E-state index contributed by atoms with van der Waals surface area (Å²) in [5, 5.41) is 11.3. The van der Waals surface area contributed by atoms with Crippen LogP contribution in [0.5, 0.6) is 0 Å². The smallest absolute Gasteiger partial charge is 0.251 e. The van der Waals surface area contributed by atoms with Crippen LogP contribution in [0, 0.1) is 6.92 Å². The summed E-state index contributed by atoms with van der Waals surface area (Å²) in [5.41, 5.74) is 4.05. The molecule has 0 saturated carbocycles. The lowest BCUT2D eigenvalue weighted by molar-refractivity contribution is -0.123. The van der Waals surface area contributed by atoms with Crippen LogP contribution >= 0.6 is 23.2 Å². The van der Waals surface area contributed by atoms with E-state index in [1.807, 2.05) is 38.1 Å². The number of amides is 2. The second-order valence-corrected chi connectivity index (χ2v) is 8.06. The highest BCUT2D eigenvalue weighted by Gasteiger charge is 2.36. The third-order valence-electron chi connectivity index (χ3n) is 5.05. The number of anilines is 2. The predicted molar refractivity (Wildman–Crippen MR) is 119 cm³/mol. The number of nitrogens with one attached hydrogen (secondary N) is 2. The molecule has 0 fully saturated rings.